The minimum absolute atomic E-state index is 0.0935. The van der Waals surface area contributed by atoms with Crippen molar-refractivity contribution < 1.29 is 24.3 Å². The normalized spacial score (nSPS) is 12.8. The van der Waals surface area contributed by atoms with Crippen LogP contribution in [0.3, 0.4) is 0 Å². The summed E-state index contributed by atoms with van der Waals surface area (Å²) >= 11 is 0. The summed E-state index contributed by atoms with van der Waals surface area (Å²) < 4.78 is 0. The number of nitrogens with zero attached hydrogens (tertiary/aromatic N) is 1. The minimum Gasteiger partial charge on any atom is -0.481 e. The zero-order valence-corrected chi connectivity index (χ0v) is 15.4. The summed E-state index contributed by atoms with van der Waals surface area (Å²) in [6, 6.07) is 10.9. The molecule has 144 valence electrons. The maximum Gasteiger partial charge on any atom is 0.307 e. The van der Waals surface area contributed by atoms with E-state index in [1.54, 1.807) is 24.3 Å². The first-order valence-corrected chi connectivity index (χ1v) is 9.03. The number of carboxylic acid groups (broad SMARTS) is 1. The number of carboxylic acids is 1. The quantitative estimate of drug-likeness (QED) is 0.719. The van der Waals surface area contributed by atoms with Crippen LogP contribution in [-0.4, -0.2) is 40.2 Å². The summed E-state index contributed by atoms with van der Waals surface area (Å²) in [5.74, 6) is -2.04. The Morgan fingerprint density at radius 2 is 1.68 bits per heavy atom. The molecule has 0 atom stereocenters. The van der Waals surface area contributed by atoms with Gasteiger partial charge in [0, 0.05) is 17.8 Å². The molecule has 0 aromatic heterocycles. The molecule has 0 saturated carbocycles. The lowest BCUT2D eigenvalue weighted by molar-refractivity contribution is -0.136. The Labute approximate surface area is 162 Å². The first-order valence-electron chi connectivity index (χ1n) is 9.03. The van der Waals surface area contributed by atoms with Gasteiger partial charge < -0.3 is 10.4 Å². The average Bonchev–Trinajstić information content (AvgIpc) is 2.91. The van der Waals surface area contributed by atoms with Crippen molar-refractivity contribution in [3.63, 3.8) is 0 Å². The van der Waals surface area contributed by atoms with Crippen molar-refractivity contribution in [2.75, 3.05) is 11.9 Å². The van der Waals surface area contributed by atoms with E-state index in [9.17, 15) is 19.2 Å². The van der Waals surface area contributed by atoms with E-state index in [2.05, 4.69) is 5.32 Å². The number of imide groups is 1. The zero-order valence-electron chi connectivity index (χ0n) is 15.4. The van der Waals surface area contributed by atoms with Gasteiger partial charge in [-0.05, 0) is 42.3 Å². The van der Waals surface area contributed by atoms with E-state index in [1.165, 1.54) is 23.1 Å². The lowest BCUT2D eigenvalue weighted by Crippen LogP contribution is -2.30. The number of nitrogens with one attached hydrogen (secondary N) is 1. The Bertz CT molecular complexity index is 950. The number of rotatable bonds is 7. The molecule has 3 amide bonds. The first-order chi connectivity index (χ1) is 13.4. The van der Waals surface area contributed by atoms with E-state index in [0.717, 1.165) is 12.8 Å². The van der Waals surface area contributed by atoms with E-state index >= 15 is 0 Å². The number of hydrogen-bond donors (Lipinski definition) is 2. The summed E-state index contributed by atoms with van der Waals surface area (Å²) in [7, 11) is 0. The zero-order chi connectivity index (χ0) is 20.3. The Hall–Kier alpha value is -3.48. The van der Waals surface area contributed by atoms with E-state index < -0.39 is 11.9 Å². The second-order valence-corrected chi connectivity index (χ2v) is 6.60. The predicted octanol–water partition coefficient (Wildman–Crippen LogP) is 2.96. The molecule has 0 bridgehead atoms. The molecule has 0 spiro atoms. The molecule has 0 radical (unpaired) electrons. The van der Waals surface area contributed by atoms with Crippen LogP contribution in [-0.2, 0) is 11.2 Å². The molecule has 1 heterocycles. The largest absolute Gasteiger partial charge is 0.481 e. The van der Waals surface area contributed by atoms with Crippen LogP contribution >= 0.6 is 0 Å². The SMILES string of the molecule is CCCCN1C(=O)c2ccc(C(=O)Nc3ccc(CC(=O)O)cc3)cc2C1=O. The number of hydrogen-bond acceptors (Lipinski definition) is 4. The van der Waals surface area contributed by atoms with E-state index in [4.69, 9.17) is 5.11 Å². The molecule has 0 unspecified atom stereocenters. The van der Waals surface area contributed by atoms with Crippen LogP contribution in [0, 0.1) is 0 Å². The highest BCUT2D eigenvalue weighted by Gasteiger charge is 2.35. The van der Waals surface area contributed by atoms with Crippen LogP contribution in [0.4, 0.5) is 5.69 Å². The summed E-state index contributed by atoms with van der Waals surface area (Å²) in [6.07, 6.45) is 1.51. The maximum absolute atomic E-state index is 12.5. The van der Waals surface area contributed by atoms with Gasteiger partial charge in [-0.1, -0.05) is 25.5 Å². The van der Waals surface area contributed by atoms with Crippen molar-refractivity contribution in [3.05, 3.63) is 64.7 Å². The number of amides is 3. The molecule has 1 aliphatic rings. The molecule has 7 heteroatoms. The van der Waals surface area contributed by atoms with Gasteiger partial charge in [0.1, 0.15) is 0 Å². The highest BCUT2D eigenvalue weighted by molar-refractivity contribution is 6.22. The fourth-order valence-corrected chi connectivity index (χ4v) is 3.04. The Morgan fingerprint density at radius 1 is 1.00 bits per heavy atom. The molecule has 2 aromatic rings. The van der Waals surface area contributed by atoms with Crippen molar-refractivity contribution in [1.29, 1.82) is 0 Å². The lowest BCUT2D eigenvalue weighted by Gasteiger charge is -2.12. The monoisotopic (exact) mass is 380 g/mol. The van der Waals surface area contributed by atoms with Crippen molar-refractivity contribution in [2.45, 2.75) is 26.2 Å². The molecule has 0 aliphatic carbocycles. The molecule has 28 heavy (non-hydrogen) atoms. The lowest BCUT2D eigenvalue weighted by atomic mass is 10.1. The van der Waals surface area contributed by atoms with Gasteiger partial charge in [-0.2, -0.15) is 0 Å². The number of carbonyl (C=O) groups is 4. The van der Waals surface area contributed by atoms with Gasteiger partial charge in [0.25, 0.3) is 17.7 Å². The standard InChI is InChI=1S/C21H20N2O5/c1-2-3-10-23-20(27)16-9-6-14(12-17(16)21(23)28)19(26)22-15-7-4-13(5-8-15)11-18(24)25/h4-9,12H,2-3,10-11H2,1H3,(H,22,26)(H,24,25). The summed E-state index contributed by atoms with van der Waals surface area (Å²) in [5.41, 5.74) is 1.96. The van der Waals surface area contributed by atoms with E-state index in [1.807, 2.05) is 6.92 Å². The number of anilines is 1. The van der Waals surface area contributed by atoms with Crippen molar-refractivity contribution in [2.24, 2.45) is 0 Å². The maximum atomic E-state index is 12.5. The fourth-order valence-electron chi connectivity index (χ4n) is 3.04. The number of aliphatic carboxylic acids is 1. The van der Waals surface area contributed by atoms with Crippen molar-refractivity contribution >= 4 is 29.4 Å². The minimum atomic E-state index is -0.929. The summed E-state index contributed by atoms with van der Waals surface area (Å²) in [4.78, 5) is 49.3. The second kappa shape index (κ2) is 8.04. The Balaban J connectivity index is 1.74. The molecular formula is C21H20N2O5. The van der Waals surface area contributed by atoms with Crippen LogP contribution in [0.2, 0.25) is 0 Å². The molecule has 1 aliphatic heterocycles. The highest BCUT2D eigenvalue weighted by Crippen LogP contribution is 2.25. The van der Waals surface area contributed by atoms with Gasteiger partial charge in [0.15, 0.2) is 0 Å². The van der Waals surface area contributed by atoms with Gasteiger partial charge in [0.2, 0.25) is 0 Å². The van der Waals surface area contributed by atoms with Gasteiger partial charge in [-0.15, -0.1) is 0 Å². The summed E-state index contributed by atoms with van der Waals surface area (Å²) in [5, 5.41) is 11.5. The van der Waals surface area contributed by atoms with Gasteiger partial charge >= 0.3 is 5.97 Å². The van der Waals surface area contributed by atoms with Crippen LogP contribution in [0.1, 0.15) is 56.4 Å². The number of fused-ring (bicyclic) bond motifs is 1. The van der Waals surface area contributed by atoms with Gasteiger partial charge in [-0.25, -0.2) is 0 Å². The molecular weight excluding hydrogens is 360 g/mol. The van der Waals surface area contributed by atoms with Crippen molar-refractivity contribution in [3.8, 4) is 0 Å². The molecule has 2 N–H and O–H groups in total. The third-order valence-corrected chi connectivity index (χ3v) is 4.54. The van der Waals surface area contributed by atoms with E-state index in [0.29, 0.717) is 23.4 Å². The van der Waals surface area contributed by atoms with Crippen LogP contribution < -0.4 is 5.32 Å². The van der Waals surface area contributed by atoms with Crippen LogP contribution in [0.5, 0.6) is 0 Å². The Kier molecular flexibility index (Phi) is 5.54. The summed E-state index contributed by atoms with van der Waals surface area (Å²) in [6.45, 7) is 2.35. The second-order valence-electron chi connectivity index (χ2n) is 6.60. The number of benzene rings is 2. The topological polar surface area (TPSA) is 104 Å². The van der Waals surface area contributed by atoms with Gasteiger partial charge in [-0.3, -0.25) is 24.1 Å². The van der Waals surface area contributed by atoms with Crippen molar-refractivity contribution in [1.82, 2.24) is 4.90 Å². The van der Waals surface area contributed by atoms with Gasteiger partial charge in [0.05, 0.1) is 17.5 Å². The predicted molar refractivity (Wildman–Crippen MR) is 102 cm³/mol. The average molecular weight is 380 g/mol. The number of carbonyl (C=O) groups excluding carboxylic acids is 3. The number of unbranched alkanes of at least 4 members (excludes halogenated alkanes) is 1. The smallest absolute Gasteiger partial charge is 0.307 e. The molecule has 0 fully saturated rings. The third-order valence-electron chi connectivity index (χ3n) is 4.54. The molecule has 7 nitrogen and oxygen atoms in total. The first kappa shape index (κ1) is 19.3. The third kappa shape index (κ3) is 3.93. The Morgan fingerprint density at radius 3 is 2.32 bits per heavy atom. The highest BCUT2D eigenvalue weighted by atomic mass is 16.4. The fraction of sp³-hybridized carbons (Fsp3) is 0.238. The molecule has 3 rings (SSSR count). The molecule has 0 saturated heterocycles. The molecule has 2 aromatic carbocycles. The van der Waals surface area contributed by atoms with Crippen LogP contribution in [0.15, 0.2) is 42.5 Å². The van der Waals surface area contributed by atoms with Crippen LogP contribution in [0.25, 0.3) is 0 Å². The van der Waals surface area contributed by atoms with E-state index in [-0.39, 0.29) is 29.4 Å².